The second-order valence-corrected chi connectivity index (χ2v) is 6.00. The first-order valence-electron chi connectivity index (χ1n) is 6.55. The highest BCUT2D eigenvalue weighted by Gasteiger charge is 2.04. The largest absolute Gasteiger partial charge is 0.352 e. The molecule has 2 rings (SSSR count). The Bertz CT molecular complexity index is 589. The molecule has 2 amide bonds. The lowest BCUT2D eigenvalue weighted by molar-refractivity contribution is -0.116. The first-order chi connectivity index (χ1) is 10.3. The van der Waals surface area contributed by atoms with Crippen LogP contribution >= 0.6 is 22.7 Å². The quantitative estimate of drug-likeness (QED) is 0.609. The zero-order valence-electron chi connectivity index (χ0n) is 11.4. The first kappa shape index (κ1) is 15.5. The predicted octanol–water partition coefficient (Wildman–Crippen LogP) is 2.76. The van der Waals surface area contributed by atoms with E-state index >= 15 is 0 Å². The normalized spacial score (nSPS) is 10.7. The summed E-state index contributed by atoms with van der Waals surface area (Å²) in [5.74, 6) is -0.181. The molecule has 110 valence electrons. The van der Waals surface area contributed by atoms with Crippen LogP contribution in [-0.4, -0.2) is 24.9 Å². The van der Waals surface area contributed by atoms with Crippen LogP contribution in [0.2, 0.25) is 0 Å². The highest BCUT2D eigenvalue weighted by molar-refractivity contribution is 7.12. The summed E-state index contributed by atoms with van der Waals surface area (Å²) in [5, 5.41) is 11.4. The van der Waals surface area contributed by atoms with E-state index in [1.165, 1.54) is 17.4 Å². The van der Waals surface area contributed by atoms with Gasteiger partial charge in [0.2, 0.25) is 5.91 Å². The van der Waals surface area contributed by atoms with Gasteiger partial charge in [-0.3, -0.25) is 9.59 Å². The fourth-order valence-corrected chi connectivity index (χ4v) is 2.87. The van der Waals surface area contributed by atoms with Crippen LogP contribution in [0.4, 0.5) is 0 Å². The maximum Gasteiger partial charge on any atom is 0.261 e. The van der Waals surface area contributed by atoms with E-state index in [1.807, 2.05) is 28.3 Å². The highest BCUT2D eigenvalue weighted by Crippen LogP contribution is 2.08. The van der Waals surface area contributed by atoms with Gasteiger partial charge in [0.25, 0.3) is 5.91 Å². The molecule has 0 aliphatic rings. The van der Waals surface area contributed by atoms with E-state index in [-0.39, 0.29) is 11.8 Å². The Morgan fingerprint density at radius 3 is 2.71 bits per heavy atom. The summed E-state index contributed by atoms with van der Waals surface area (Å²) in [5.41, 5.74) is 1.03. The Morgan fingerprint density at radius 1 is 1.14 bits per heavy atom. The van der Waals surface area contributed by atoms with Crippen LogP contribution in [0.5, 0.6) is 0 Å². The Morgan fingerprint density at radius 2 is 2.00 bits per heavy atom. The molecule has 0 atom stereocenters. The molecule has 0 aromatic carbocycles. The molecule has 0 fully saturated rings. The molecule has 0 saturated heterocycles. The van der Waals surface area contributed by atoms with Crippen LogP contribution in [0.25, 0.3) is 6.08 Å². The van der Waals surface area contributed by atoms with E-state index in [1.54, 1.807) is 23.5 Å². The molecule has 2 N–H and O–H groups in total. The summed E-state index contributed by atoms with van der Waals surface area (Å²) in [6, 6.07) is 5.59. The van der Waals surface area contributed by atoms with Gasteiger partial charge in [-0.15, -0.1) is 11.3 Å². The van der Waals surface area contributed by atoms with Crippen LogP contribution < -0.4 is 10.6 Å². The second kappa shape index (κ2) is 8.39. The molecular formula is C15H16N2O2S2. The van der Waals surface area contributed by atoms with Crippen molar-refractivity contribution >= 4 is 40.6 Å². The molecule has 2 aromatic heterocycles. The van der Waals surface area contributed by atoms with Crippen molar-refractivity contribution < 1.29 is 9.59 Å². The lowest BCUT2D eigenvalue weighted by Gasteiger charge is -2.04. The number of hydrogen-bond donors (Lipinski definition) is 2. The van der Waals surface area contributed by atoms with Gasteiger partial charge in [-0.25, -0.2) is 0 Å². The standard InChI is InChI=1S/C15H16N2O2S2/c18-14(5-4-12-6-10-20-11-12)16-7-2-8-17-15(19)13-3-1-9-21-13/h1,3-6,9-11H,2,7-8H2,(H,16,18)(H,17,19)/b5-4+. The second-order valence-electron chi connectivity index (χ2n) is 4.27. The van der Waals surface area contributed by atoms with E-state index < -0.39 is 0 Å². The number of nitrogens with one attached hydrogen (secondary N) is 2. The van der Waals surface area contributed by atoms with Gasteiger partial charge in [-0.05, 0) is 46.3 Å². The summed E-state index contributed by atoms with van der Waals surface area (Å²) < 4.78 is 0. The molecule has 0 saturated carbocycles. The van der Waals surface area contributed by atoms with Crippen molar-refractivity contribution in [3.63, 3.8) is 0 Å². The van der Waals surface area contributed by atoms with Gasteiger partial charge in [0.05, 0.1) is 4.88 Å². The molecule has 6 heteroatoms. The van der Waals surface area contributed by atoms with Gasteiger partial charge < -0.3 is 10.6 Å². The van der Waals surface area contributed by atoms with Crippen molar-refractivity contribution in [1.82, 2.24) is 10.6 Å². The molecule has 2 aromatic rings. The van der Waals surface area contributed by atoms with Crippen molar-refractivity contribution in [2.75, 3.05) is 13.1 Å². The molecule has 0 bridgehead atoms. The average molecular weight is 320 g/mol. The van der Waals surface area contributed by atoms with Crippen molar-refractivity contribution in [2.24, 2.45) is 0 Å². The molecular weight excluding hydrogens is 304 g/mol. The van der Waals surface area contributed by atoms with E-state index in [4.69, 9.17) is 0 Å². The summed E-state index contributed by atoms with van der Waals surface area (Å²) in [4.78, 5) is 23.9. The third-order valence-electron chi connectivity index (χ3n) is 2.65. The van der Waals surface area contributed by atoms with Gasteiger partial charge in [0.1, 0.15) is 0 Å². The minimum atomic E-state index is -0.120. The van der Waals surface area contributed by atoms with E-state index in [0.29, 0.717) is 24.4 Å². The Kier molecular flexibility index (Phi) is 6.18. The summed E-state index contributed by atoms with van der Waals surface area (Å²) >= 11 is 3.01. The Hall–Kier alpha value is -1.92. The maximum absolute atomic E-state index is 11.6. The summed E-state index contributed by atoms with van der Waals surface area (Å²) in [6.07, 6.45) is 4.01. The van der Waals surface area contributed by atoms with Crippen molar-refractivity contribution in [1.29, 1.82) is 0 Å². The zero-order valence-corrected chi connectivity index (χ0v) is 13.0. The minimum absolute atomic E-state index is 0.0614. The predicted molar refractivity (Wildman–Crippen MR) is 87.6 cm³/mol. The fraction of sp³-hybridized carbons (Fsp3) is 0.200. The molecule has 0 aliphatic heterocycles. The number of hydrogen-bond acceptors (Lipinski definition) is 4. The molecule has 0 radical (unpaired) electrons. The number of carbonyl (C=O) groups is 2. The zero-order chi connectivity index (χ0) is 14.9. The molecule has 0 aliphatic carbocycles. The van der Waals surface area contributed by atoms with Crippen LogP contribution in [0.15, 0.2) is 40.4 Å². The number of thiophene rings is 2. The summed E-state index contributed by atoms with van der Waals surface area (Å²) in [6.45, 7) is 1.09. The van der Waals surface area contributed by atoms with Crippen molar-refractivity contribution in [3.8, 4) is 0 Å². The minimum Gasteiger partial charge on any atom is -0.352 e. The van der Waals surface area contributed by atoms with Crippen LogP contribution in [0.1, 0.15) is 21.7 Å². The fourth-order valence-electron chi connectivity index (χ4n) is 1.60. The first-order valence-corrected chi connectivity index (χ1v) is 8.38. The smallest absolute Gasteiger partial charge is 0.261 e. The topological polar surface area (TPSA) is 58.2 Å². The van der Waals surface area contributed by atoms with Gasteiger partial charge >= 0.3 is 0 Å². The molecule has 21 heavy (non-hydrogen) atoms. The molecule has 0 unspecified atom stereocenters. The lowest BCUT2D eigenvalue weighted by atomic mass is 10.3. The van der Waals surface area contributed by atoms with Crippen molar-refractivity contribution in [3.05, 3.63) is 50.9 Å². The Labute approximate surface area is 131 Å². The van der Waals surface area contributed by atoms with E-state index in [0.717, 1.165) is 5.56 Å². The molecule has 2 heterocycles. The number of amides is 2. The van der Waals surface area contributed by atoms with Crippen molar-refractivity contribution in [2.45, 2.75) is 6.42 Å². The van der Waals surface area contributed by atoms with Gasteiger partial charge in [0.15, 0.2) is 0 Å². The highest BCUT2D eigenvalue weighted by atomic mass is 32.1. The average Bonchev–Trinajstić information content (AvgIpc) is 3.17. The van der Waals surface area contributed by atoms with Gasteiger partial charge in [-0.1, -0.05) is 6.07 Å². The Balaban J connectivity index is 1.57. The van der Waals surface area contributed by atoms with Gasteiger partial charge in [-0.2, -0.15) is 11.3 Å². The van der Waals surface area contributed by atoms with Gasteiger partial charge in [0, 0.05) is 19.2 Å². The van der Waals surface area contributed by atoms with Crippen LogP contribution in [-0.2, 0) is 4.79 Å². The third-order valence-corrected chi connectivity index (χ3v) is 4.22. The monoisotopic (exact) mass is 320 g/mol. The van der Waals surface area contributed by atoms with Crippen LogP contribution in [0.3, 0.4) is 0 Å². The SMILES string of the molecule is O=C(/C=C/c1ccsc1)NCCCNC(=O)c1cccs1. The van der Waals surface area contributed by atoms with Crippen LogP contribution in [0, 0.1) is 0 Å². The number of rotatable bonds is 7. The molecule has 4 nitrogen and oxygen atoms in total. The lowest BCUT2D eigenvalue weighted by Crippen LogP contribution is -2.28. The van der Waals surface area contributed by atoms with E-state index in [9.17, 15) is 9.59 Å². The number of carbonyl (C=O) groups excluding carboxylic acids is 2. The third kappa shape index (κ3) is 5.53. The maximum atomic E-state index is 11.6. The molecule has 0 spiro atoms. The summed E-state index contributed by atoms with van der Waals surface area (Å²) in [7, 11) is 0. The van der Waals surface area contributed by atoms with E-state index in [2.05, 4.69) is 10.6 Å².